The fourth-order valence-corrected chi connectivity index (χ4v) is 2.50. The van der Waals surface area contributed by atoms with Gasteiger partial charge < -0.3 is 5.32 Å². The van der Waals surface area contributed by atoms with Crippen molar-refractivity contribution < 1.29 is 4.79 Å². The molecule has 0 saturated carbocycles. The van der Waals surface area contributed by atoms with Gasteiger partial charge in [-0.2, -0.15) is 5.10 Å². The summed E-state index contributed by atoms with van der Waals surface area (Å²) in [6.07, 6.45) is 0. The van der Waals surface area contributed by atoms with Crippen molar-refractivity contribution in [3.63, 3.8) is 0 Å². The van der Waals surface area contributed by atoms with Crippen LogP contribution in [0.5, 0.6) is 0 Å². The van der Waals surface area contributed by atoms with Crippen molar-refractivity contribution in [3.05, 3.63) is 75.2 Å². The number of fused-ring (bicyclic) bond motifs is 1. The van der Waals surface area contributed by atoms with Gasteiger partial charge in [0.25, 0.3) is 11.5 Å². The van der Waals surface area contributed by atoms with Crippen molar-refractivity contribution in [2.24, 2.45) is 7.05 Å². The molecule has 0 aliphatic carbocycles. The van der Waals surface area contributed by atoms with Gasteiger partial charge in [-0.15, -0.1) is 0 Å². The molecule has 23 heavy (non-hydrogen) atoms. The second-order valence-corrected chi connectivity index (χ2v) is 5.55. The molecule has 0 spiro atoms. The molecule has 116 valence electrons. The van der Waals surface area contributed by atoms with Gasteiger partial charge >= 0.3 is 0 Å². The van der Waals surface area contributed by atoms with Gasteiger partial charge in [0.15, 0.2) is 0 Å². The van der Waals surface area contributed by atoms with Gasteiger partial charge in [-0.1, -0.05) is 29.8 Å². The normalized spacial score (nSPS) is 10.7. The molecule has 1 N–H and O–H groups in total. The molecule has 0 radical (unpaired) electrons. The summed E-state index contributed by atoms with van der Waals surface area (Å²) in [6, 6.07) is 13.9. The first-order valence-corrected chi connectivity index (χ1v) is 7.43. The number of aromatic nitrogens is 2. The number of carbonyl (C=O) groups excluding carboxylic acids is 1. The summed E-state index contributed by atoms with van der Waals surface area (Å²) in [5, 5.41) is 8.97. The van der Waals surface area contributed by atoms with Crippen molar-refractivity contribution in [3.8, 4) is 0 Å². The van der Waals surface area contributed by atoms with Crippen molar-refractivity contribution in [1.82, 2.24) is 15.1 Å². The fraction of sp³-hybridized carbons (Fsp3) is 0.118. The smallest absolute Gasteiger partial charge is 0.274 e. The molecule has 2 aromatic carbocycles. The molecule has 3 aromatic rings. The number of rotatable bonds is 3. The Labute approximate surface area is 137 Å². The Balaban J connectivity index is 1.87. The van der Waals surface area contributed by atoms with Crippen molar-refractivity contribution in [1.29, 1.82) is 0 Å². The second kappa shape index (κ2) is 6.22. The van der Waals surface area contributed by atoms with E-state index in [1.165, 1.54) is 4.68 Å². The molecule has 6 heteroatoms. The highest BCUT2D eigenvalue weighted by atomic mass is 35.5. The molecule has 0 aliphatic heterocycles. The molecular weight excluding hydrogens is 314 g/mol. The summed E-state index contributed by atoms with van der Waals surface area (Å²) in [4.78, 5) is 24.2. The number of halogens is 1. The van der Waals surface area contributed by atoms with Crippen LogP contribution in [0.3, 0.4) is 0 Å². The summed E-state index contributed by atoms with van der Waals surface area (Å²) < 4.78 is 1.28. The van der Waals surface area contributed by atoms with E-state index in [1.54, 1.807) is 43.4 Å². The molecule has 0 atom stereocenters. The molecule has 0 aliphatic rings. The van der Waals surface area contributed by atoms with Crippen LogP contribution in [0.15, 0.2) is 53.3 Å². The van der Waals surface area contributed by atoms with E-state index in [0.29, 0.717) is 21.7 Å². The van der Waals surface area contributed by atoms with Crippen LogP contribution in [0, 0.1) is 0 Å². The lowest BCUT2D eigenvalue weighted by atomic mass is 10.1. The lowest BCUT2D eigenvalue weighted by Crippen LogP contribution is -2.27. The van der Waals surface area contributed by atoms with Crippen LogP contribution in [0.1, 0.15) is 16.1 Å². The van der Waals surface area contributed by atoms with Crippen LogP contribution in [-0.2, 0) is 13.6 Å². The minimum atomic E-state index is -0.221. The Kier molecular flexibility index (Phi) is 4.12. The van der Waals surface area contributed by atoms with Gasteiger partial charge in [-0.05, 0) is 30.3 Å². The minimum Gasteiger partial charge on any atom is -0.346 e. The monoisotopic (exact) mass is 327 g/mol. The first kappa shape index (κ1) is 15.2. The Morgan fingerprint density at radius 2 is 1.78 bits per heavy atom. The maximum atomic E-state index is 12.2. The SMILES string of the molecule is Cn1nc(CNC(=O)c2ccc(Cl)cc2)c2ccccc2c1=O. The van der Waals surface area contributed by atoms with E-state index in [4.69, 9.17) is 11.6 Å². The summed E-state index contributed by atoms with van der Waals surface area (Å²) in [7, 11) is 1.60. The van der Waals surface area contributed by atoms with Crippen molar-refractivity contribution in [2.45, 2.75) is 6.54 Å². The highest BCUT2D eigenvalue weighted by Gasteiger charge is 2.10. The number of amides is 1. The predicted octanol–water partition coefficient (Wildman–Crippen LogP) is 2.52. The molecule has 0 bridgehead atoms. The molecule has 0 unspecified atom stereocenters. The van der Waals surface area contributed by atoms with Crippen LogP contribution >= 0.6 is 11.6 Å². The summed E-state index contributed by atoms with van der Waals surface area (Å²) in [5.74, 6) is -0.221. The number of aryl methyl sites for hydroxylation is 1. The van der Waals surface area contributed by atoms with E-state index >= 15 is 0 Å². The topological polar surface area (TPSA) is 64.0 Å². The van der Waals surface area contributed by atoms with E-state index in [9.17, 15) is 9.59 Å². The molecule has 5 nitrogen and oxygen atoms in total. The summed E-state index contributed by atoms with van der Waals surface area (Å²) >= 11 is 5.81. The van der Waals surface area contributed by atoms with Gasteiger partial charge in [0.1, 0.15) is 0 Å². The first-order valence-electron chi connectivity index (χ1n) is 7.05. The Morgan fingerprint density at radius 3 is 2.48 bits per heavy atom. The maximum absolute atomic E-state index is 12.2. The van der Waals surface area contributed by atoms with Crippen LogP contribution in [-0.4, -0.2) is 15.7 Å². The molecule has 1 aromatic heterocycles. The van der Waals surface area contributed by atoms with Crippen LogP contribution in [0.4, 0.5) is 0 Å². The lowest BCUT2D eigenvalue weighted by molar-refractivity contribution is 0.0950. The van der Waals surface area contributed by atoms with E-state index in [0.717, 1.165) is 5.39 Å². The molecular formula is C17H14ClN3O2. The Morgan fingerprint density at radius 1 is 1.13 bits per heavy atom. The number of hydrogen-bond donors (Lipinski definition) is 1. The van der Waals surface area contributed by atoms with Crippen LogP contribution in [0.2, 0.25) is 5.02 Å². The summed E-state index contributed by atoms with van der Waals surface area (Å²) in [6.45, 7) is 0.232. The van der Waals surface area contributed by atoms with Crippen molar-refractivity contribution in [2.75, 3.05) is 0 Å². The quantitative estimate of drug-likeness (QED) is 0.804. The molecule has 0 fully saturated rings. The van der Waals surface area contributed by atoms with E-state index in [2.05, 4.69) is 10.4 Å². The van der Waals surface area contributed by atoms with Gasteiger partial charge in [-0.3, -0.25) is 9.59 Å². The minimum absolute atomic E-state index is 0.159. The van der Waals surface area contributed by atoms with E-state index in [-0.39, 0.29) is 18.0 Å². The van der Waals surface area contributed by atoms with Gasteiger partial charge in [0.2, 0.25) is 0 Å². The largest absolute Gasteiger partial charge is 0.346 e. The van der Waals surface area contributed by atoms with Gasteiger partial charge in [0.05, 0.1) is 17.6 Å². The van der Waals surface area contributed by atoms with E-state index < -0.39 is 0 Å². The van der Waals surface area contributed by atoms with Crippen LogP contribution in [0.25, 0.3) is 10.8 Å². The highest BCUT2D eigenvalue weighted by molar-refractivity contribution is 6.30. The van der Waals surface area contributed by atoms with Crippen LogP contribution < -0.4 is 10.9 Å². The molecule has 3 rings (SSSR count). The standard InChI is InChI=1S/C17H14ClN3O2/c1-21-17(23)14-5-3-2-4-13(14)15(20-21)10-19-16(22)11-6-8-12(18)9-7-11/h2-9H,10H2,1H3,(H,19,22). The van der Waals surface area contributed by atoms with Crippen molar-refractivity contribution >= 4 is 28.3 Å². The average molecular weight is 328 g/mol. The average Bonchev–Trinajstić information content (AvgIpc) is 2.57. The zero-order valence-electron chi connectivity index (χ0n) is 12.4. The predicted molar refractivity (Wildman–Crippen MR) is 89.6 cm³/mol. The lowest BCUT2D eigenvalue weighted by Gasteiger charge is -2.09. The third-order valence-electron chi connectivity index (χ3n) is 3.56. The van der Waals surface area contributed by atoms with Gasteiger partial charge in [0, 0.05) is 23.0 Å². The fourth-order valence-electron chi connectivity index (χ4n) is 2.37. The Hall–Kier alpha value is -2.66. The van der Waals surface area contributed by atoms with Gasteiger partial charge in [-0.25, -0.2) is 4.68 Å². The number of hydrogen-bond acceptors (Lipinski definition) is 3. The van der Waals surface area contributed by atoms with E-state index in [1.807, 2.05) is 12.1 Å². The summed E-state index contributed by atoms with van der Waals surface area (Å²) in [5.41, 5.74) is 1.00. The zero-order valence-corrected chi connectivity index (χ0v) is 13.2. The second-order valence-electron chi connectivity index (χ2n) is 5.11. The third kappa shape index (κ3) is 3.10. The Bertz CT molecular complexity index is 933. The highest BCUT2D eigenvalue weighted by Crippen LogP contribution is 2.13. The molecule has 1 heterocycles. The maximum Gasteiger partial charge on any atom is 0.274 e. The number of nitrogens with one attached hydrogen (secondary N) is 1. The third-order valence-corrected chi connectivity index (χ3v) is 3.81. The number of carbonyl (C=O) groups is 1. The molecule has 1 amide bonds. The zero-order chi connectivity index (χ0) is 16.4. The molecule has 0 saturated heterocycles. The number of nitrogens with zero attached hydrogens (tertiary/aromatic N) is 2. The number of benzene rings is 2. The first-order chi connectivity index (χ1) is 11.1.